The summed E-state index contributed by atoms with van der Waals surface area (Å²) >= 11 is 1.43. The van der Waals surface area contributed by atoms with Gasteiger partial charge in [0.2, 0.25) is 0 Å². The van der Waals surface area contributed by atoms with E-state index in [2.05, 4.69) is 4.98 Å². The maximum atomic E-state index is 7.55. The van der Waals surface area contributed by atoms with Crippen LogP contribution < -0.4 is 4.80 Å². The molecule has 66 valence electrons. The van der Waals surface area contributed by atoms with E-state index in [4.69, 9.17) is 5.41 Å². The molecule has 2 rings (SSSR count). The molecule has 2 aromatic heterocycles. The molecule has 0 saturated heterocycles. The molecule has 0 amide bonds. The van der Waals surface area contributed by atoms with Gasteiger partial charge in [-0.1, -0.05) is 6.07 Å². The van der Waals surface area contributed by atoms with Gasteiger partial charge in [0, 0.05) is 17.8 Å². The summed E-state index contributed by atoms with van der Waals surface area (Å²) in [7, 11) is 0. The van der Waals surface area contributed by atoms with Gasteiger partial charge in [-0.05, 0) is 12.1 Å². The summed E-state index contributed by atoms with van der Waals surface area (Å²) in [5, 5.41) is 9.46. The standard InChI is InChI=1S/C9H9N3S/c10-9-12(5-6-13-9)7-8-3-1-2-4-11-8/h1-6,10H,7H2. The second kappa shape index (κ2) is 3.53. The summed E-state index contributed by atoms with van der Waals surface area (Å²) in [5.74, 6) is 0. The molecular formula is C9H9N3S. The second-order valence-electron chi connectivity index (χ2n) is 2.66. The molecule has 4 heteroatoms. The number of hydrogen-bond acceptors (Lipinski definition) is 3. The molecule has 0 fully saturated rings. The Hall–Kier alpha value is -1.42. The number of hydrogen-bond donors (Lipinski definition) is 1. The largest absolute Gasteiger partial charge is 0.318 e. The van der Waals surface area contributed by atoms with Gasteiger partial charge in [0.1, 0.15) is 0 Å². The molecule has 13 heavy (non-hydrogen) atoms. The Balaban J connectivity index is 2.25. The highest BCUT2D eigenvalue weighted by atomic mass is 32.1. The van der Waals surface area contributed by atoms with Gasteiger partial charge in [-0.3, -0.25) is 10.4 Å². The second-order valence-corrected chi connectivity index (χ2v) is 3.55. The van der Waals surface area contributed by atoms with Crippen molar-refractivity contribution in [3.8, 4) is 0 Å². The predicted molar refractivity (Wildman–Crippen MR) is 51.5 cm³/mol. The van der Waals surface area contributed by atoms with Crippen molar-refractivity contribution in [2.45, 2.75) is 6.54 Å². The van der Waals surface area contributed by atoms with Crippen molar-refractivity contribution < 1.29 is 0 Å². The quantitative estimate of drug-likeness (QED) is 0.767. The van der Waals surface area contributed by atoms with Crippen LogP contribution in [0, 0.1) is 5.41 Å². The molecule has 0 atom stereocenters. The molecule has 0 aliphatic carbocycles. The van der Waals surface area contributed by atoms with E-state index in [0.29, 0.717) is 11.3 Å². The van der Waals surface area contributed by atoms with Crippen molar-refractivity contribution in [3.63, 3.8) is 0 Å². The zero-order valence-corrected chi connectivity index (χ0v) is 7.79. The molecule has 3 nitrogen and oxygen atoms in total. The Kier molecular flexibility index (Phi) is 2.23. The summed E-state index contributed by atoms with van der Waals surface area (Å²) in [4.78, 5) is 4.76. The van der Waals surface area contributed by atoms with E-state index in [1.165, 1.54) is 11.3 Å². The van der Waals surface area contributed by atoms with Crippen molar-refractivity contribution in [1.29, 1.82) is 5.41 Å². The first kappa shape index (κ1) is 8.19. The van der Waals surface area contributed by atoms with E-state index in [9.17, 15) is 0 Å². The third kappa shape index (κ3) is 1.84. The van der Waals surface area contributed by atoms with Crippen LogP contribution in [-0.4, -0.2) is 9.55 Å². The van der Waals surface area contributed by atoms with Crippen LogP contribution in [-0.2, 0) is 6.54 Å². The van der Waals surface area contributed by atoms with Crippen LogP contribution in [0.4, 0.5) is 0 Å². The highest BCUT2D eigenvalue weighted by Crippen LogP contribution is 1.97. The Morgan fingerprint density at radius 1 is 1.46 bits per heavy atom. The van der Waals surface area contributed by atoms with Crippen LogP contribution >= 0.6 is 11.3 Å². The average Bonchev–Trinajstić information content (AvgIpc) is 2.54. The van der Waals surface area contributed by atoms with Crippen LogP contribution in [0.25, 0.3) is 0 Å². The van der Waals surface area contributed by atoms with Gasteiger partial charge in [-0.2, -0.15) is 0 Å². The topological polar surface area (TPSA) is 41.7 Å². The van der Waals surface area contributed by atoms with Crippen LogP contribution in [0.2, 0.25) is 0 Å². The Bertz CT molecular complexity index is 429. The summed E-state index contributed by atoms with van der Waals surface area (Å²) in [5.41, 5.74) is 0.986. The Morgan fingerprint density at radius 2 is 2.38 bits per heavy atom. The first-order valence-electron chi connectivity index (χ1n) is 3.95. The minimum atomic E-state index is 0.561. The number of aromatic nitrogens is 2. The Labute approximate surface area is 79.8 Å². The Morgan fingerprint density at radius 3 is 3.00 bits per heavy atom. The number of pyridine rings is 1. The molecule has 0 aromatic carbocycles. The fourth-order valence-electron chi connectivity index (χ4n) is 1.09. The number of rotatable bonds is 2. The van der Waals surface area contributed by atoms with Gasteiger partial charge in [0.05, 0.1) is 12.2 Å². The molecule has 0 unspecified atom stereocenters. The summed E-state index contributed by atoms with van der Waals surface area (Å²) in [6, 6.07) is 5.81. The molecule has 0 bridgehead atoms. The fourth-order valence-corrected chi connectivity index (χ4v) is 1.69. The SMILES string of the molecule is N=c1sccn1Cc1ccccn1. The smallest absolute Gasteiger partial charge is 0.182 e. The summed E-state index contributed by atoms with van der Waals surface area (Å²) in [6.45, 7) is 0.684. The van der Waals surface area contributed by atoms with Gasteiger partial charge in [-0.25, -0.2) is 0 Å². The number of nitrogens with zero attached hydrogens (tertiary/aromatic N) is 2. The molecular weight excluding hydrogens is 182 g/mol. The van der Waals surface area contributed by atoms with Crippen molar-refractivity contribution in [1.82, 2.24) is 9.55 Å². The van der Waals surface area contributed by atoms with Gasteiger partial charge in [0.15, 0.2) is 4.80 Å². The maximum absolute atomic E-state index is 7.55. The lowest BCUT2D eigenvalue weighted by atomic mass is 10.3. The maximum Gasteiger partial charge on any atom is 0.182 e. The fraction of sp³-hybridized carbons (Fsp3) is 0.111. The molecule has 0 radical (unpaired) electrons. The van der Waals surface area contributed by atoms with Gasteiger partial charge in [0.25, 0.3) is 0 Å². The summed E-state index contributed by atoms with van der Waals surface area (Å²) in [6.07, 6.45) is 3.67. The van der Waals surface area contributed by atoms with Gasteiger partial charge in [-0.15, -0.1) is 11.3 Å². The minimum Gasteiger partial charge on any atom is -0.318 e. The molecule has 0 aliphatic rings. The predicted octanol–water partition coefficient (Wildman–Crippen LogP) is 1.47. The van der Waals surface area contributed by atoms with Crippen molar-refractivity contribution in [2.75, 3.05) is 0 Å². The zero-order valence-electron chi connectivity index (χ0n) is 6.97. The number of nitrogens with one attached hydrogen (secondary N) is 1. The van der Waals surface area contributed by atoms with Crippen LogP contribution in [0.5, 0.6) is 0 Å². The van der Waals surface area contributed by atoms with E-state index >= 15 is 0 Å². The third-order valence-corrected chi connectivity index (χ3v) is 2.46. The molecule has 0 aliphatic heterocycles. The molecule has 2 heterocycles. The van der Waals surface area contributed by atoms with Gasteiger partial charge < -0.3 is 4.57 Å². The van der Waals surface area contributed by atoms with E-state index in [1.807, 2.05) is 34.3 Å². The van der Waals surface area contributed by atoms with E-state index < -0.39 is 0 Å². The lowest BCUT2D eigenvalue weighted by Gasteiger charge is -2.00. The van der Waals surface area contributed by atoms with Crippen molar-refractivity contribution in [2.24, 2.45) is 0 Å². The molecule has 0 spiro atoms. The lowest BCUT2D eigenvalue weighted by Crippen LogP contribution is -2.13. The highest BCUT2D eigenvalue weighted by Gasteiger charge is 1.95. The normalized spacial score (nSPS) is 10.2. The molecule has 1 N–H and O–H groups in total. The van der Waals surface area contributed by atoms with Crippen LogP contribution in [0.1, 0.15) is 5.69 Å². The average molecular weight is 191 g/mol. The zero-order chi connectivity index (χ0) is 9.10. The first-order valence-corrected chi connectivity index (χ1v) is 4.82. The highest BCUT2D eigenvalue weighted by molar-refractivity contribution is 7.06. The van der Waals surface area contributed by atoms with E-state index in [1.54, 1.807) is 6.20 Å². The first-order chi connectivity index (χ1) is 6.36. The van der Waals surface area contributed by atoms with Crippen molar-refractivity contribution in [3.05, 3.63) is 46.5 Å². The molecule has 2 aromatic rings. The number of thiazole rings is 1. The minimum absolute atomic E-state index is 0.561. The lowest BCUT2D eigenvalue weighted by molar-refractivity contribution is 0.740. The molecule has 0 saturated carbocycles. The van der Waals surface area contributed by atoms with Gasteiger partial charge >= 0.3 is 0 Å². The summed E-state index contributed by atoms with van der Waals surface area (Å²) < 4.78 is 1.87. The van der Waals surface area contributed by atoms with Crippen LogP contribution in [0.15, 0.2) is 36.0 Å². The monoisotopic (exact) mass is 191 g/mol. The van der Waals surface area contributed by atoms with Crippen molar-refractivity contribution >= 4 is 11.3 Å². The third-order valence-electron chi connectivity index (χ3n) is 1.74. The van der Waals surface area contributed by atoms with Crippen LogP contribution in [0.3, 0.4) is 0 Å². The van der Waals surface area contributed by atoms with E-state index in [-0.39, 0.29) is 0 Å². The van der Waals surface area contributed by atoms with E-state index in [0.717, 1.165) is 5.69 Å².